The third-order valence-electron chi connectivity index (χ3n) is 1.62. The minimum absolute atomic E-state index is 0. The van der Waals surface area contributed by atoms with E-state index in [4.69, 9.17) is 33.6 Å². The molecule has 0 spiro atoms. The van der Waals surface area contributed by atoms with Gasteiger partial charge in [-0.1, -0.05) is 29.3 Å². The van der Waals surface area contributed by atoms with Crippen LogP contribution < -0.4 is 51.4 Å². The van der Waals surface area contributed by atoms with Gasteiger partial charge in [-0.05, 0) is 17.7 Å². The molecule has 6 heteroatoms. The molecule has 0 aromatic heterocycles. The summed E-state index contributed by atoms with van der Waals surface area (Å²) in [6, 6.07) is 6.26. The molecule has 1 aromatic rings. The van der Waals surface area contributed by atoms with E-state index < -0.39 is 5.97 Å². The molecule has 0 radical (unpaired) electrons. The molecular formula is C10H6Cl2KNO2. The first kappa shape index (κ1) is 16.1. The van der Waals surface area contributed by atoms with Crippen LogP contribution in [0.5, 0.6) is 0 Å². The second kappa shape index (κ2) is 7.46. The number of aliphatic carboxylic acids is 1. The fourth-order valence-corrected chi connectivity index (χ4v) is 1.27. The second-order valence-corrected chi connectivity index (χ2v) is 3.45. The van der Waals surface area contributed by atoms with Crippen molar-refractivity contribution in [3.8, 4) is 6.07 Å². The Labute approximate surface area is 147 Å². The van der Waals surface area contributed by atoms with E-state index >= 15 is 0 Å². The van der Waals surface area contributed by atoms with Gasteiger partial charge in [-0.3, -0.25) is 0 Å². The number of halogens is 2. The minimum Gasteiger partial charge on any atom is -1.00 e. The van der Waals surface area contributed by atoms with Crippen LogP contribution in [0.2, 0.25) is 10.0 Å². The summed E-state index contributed by atoms with van der Waals surface area (Å²) in [5.41, 5.74) is 0.454. The van der Waals surface area contributed by atoms with Gasteiger partial charge in [0.1, 0.15) is 6.07 Å². The van der Waals surface area contributed by atoms with Gasteiger partial charge in [-0.25, -0.2) is 4.79 Å². The Kier molecular flexibility index (Phi) is 7.52. The Morgan fingerprint density at radius 1 is 1.44 bits per heavy atom. The van der Waals surface area contributed by atoms with Gasteiger partial charge >= 0.3 is 57.4 Å². The van der Waals surface area contributed by atoms with Crippen molar-refractivity contribution in [1.29, 1.82) is 5.26 Å². The van der Waals surface area contributed by atoms with E-state index in [0.717, 1.165) is 6.08 Å². The SMILES string of the molecule is N#CC(=CC(=O)O)c1ccc(Cl)c(Cl)c1.[H-].[K+]. The molecule has 0 atom stereocenters. The zero-order valence-corrected chi connectivity index (χ0v) is 13.0. The number of rotatable bonds is 2. The van der Waals surface area contributed by atoms with Crippen LogP contribution in [-0.2, 0) is 4.79 Å². The third-order valence-corrected chi connectivity index (χ3v) is 2.36. The first-order valence-corrected chi connectivity index (χ1v) is 4.60. The quantitative estimate of drug-likeness (QED) is 0.475. The van der Waals surface area contributed by atoms with Crippen molar-refractivity contribution in [3.63, 3.8) is 0 Å². The van der Waals surface area contributed by atoms with Crippen molar-refractivity contribution < 1.29 is 62.7 Å². The molecule has 0 aliphatic carbocycles. The van der Waals surface area contributed by atoms with E-state index in [1.54, 1.807) is 6.07 Å². The number of nitriles is 1. The molecule has 0 unspecified atom stereocenters. The summed E-state index contributed by atoms with van der Waals surface area (Å²) >= 11 is 11.4. The average Bonchev–Trinajstić information content (AvgIpc) is 2.18. The standard InChI is InChI=1S/C10H5Cl2NO2.K.H/c11-8-2-1-6(3-9(8)12)7(5-13)4-10(14)15;;/h1-4H,(H,14,15);;/q;+1;-1. The van der Waals surface area contributed by atoms with Gasteiger partial charge in [0.25, 0.3) is 0 Å². The molecule has 1 rings (SSSR count). The van der Waals surface area contributed by atoms with Crippen molar-refractivity contribution in [2.75, 3.05) is 0 Å². The van der Waals surface area contributed by atoms with E-state index in [2.05, 4.69) is 0 Å². The summed E-state index contributed by atoms with van der Waals surface area (Å²) in [4.78, 5) is 10.4. The van der Waals surface area contributed by atoms with Crippen molar-refractivity contribution in [3.05, 3.63) is 39.9 Å². The van der Waals surface area contributed by atoms with E-state index in [0.29, 0.717) is 10.6 Å². The van der Waals surface area contributed by atoms with E-state index in [1.165, 1.54) is 18.2 Å². The number of carbonyl (C=O) groups is 1. The summed E-state index contributed by atoms with van der Waals surface area (Å²) < 4.78 is 0. The van der Waals surface area contributed by atoms with Crippen molar-refractivity contribution >= 4 is 34.7 Å². The number of hydrogen-bond donors (Lipinski definition) is 1. The number of benzene rings is 1. The molecular weight excluding hydrogens is 276 g/mol. The summed E-state index contributed by atoms with van der Waals surface area (Å²) in [7, 11) is 0. The number of carboxylic acid groups (broad SMARTS) is 1. The number of hydrogen-bond acceptors (Lipinski definition) is 2. The van der Waals surface area contributed by atoms with E-state index in [-0.39, 0.29) is 63.4 Å². The fourth-order valence-electron chi connectivity index (χ4n) is 0.967. The van der Waals surface area contributed by atoms with Crippen molar-refractivity contribution in [1.82, 2.24) is 0 Å². The molecule has 0 aliphatic rings. The smallest absolute Gasteiger partial charge is 1.00 e. The van der Waals surface area contributed by atoms with Gasteiger partial charge in [0, 0.05) is 6.08 Å². The van der Waals surface area contributed by atoms with E-state index in [9.17, 15) is 4.79 Å². The Hall–Kier alpha value is 0.136. The molecule has 1 aromatic carbocycles. The summed E-state index contributed by atoms with van der Waals surface area (Å²) in [6.07, 6.45) is 0.819. The van der Waals surface area contributed by atoms with Crippen molar-refractivity contribution in [2.24, 2.45) is 0 Å². The average molecular weight is 282 g/mol. The topological polar surface area (TPSA) is 61.1 Å². The van der Waals surface area contributed by atoms with Crippen LogP contribution in [0.4, 0.5) is 0 Å². The Balaban J connectivity index is 0. The molecule has 0 saturated carbocycles. The monoisotopic (exact) mass is 281 g/mol. The molecule has 0 saturated heterocycles. The van der Waals surface area contributed by atoms with Crippen LogP contribution in [0.25, 0.3) is 5.57 Å². The van der Waals surface area contributed by atoms with Gasteiger partial charge in [-0.2, -0.15) is 5.26 Å². The maximum Gasteiger partial charge on any atom is 1.00 e. The zero-order valence-electron chi connectivity index (χ0n) is 9.37. The Bertz CT molecular complexity index is 486. The van der Waals surface area contributed by atoms with Gasteiger partial charge in [0.2, 0.25) is 0 Å². The maximum absolute atomic E-state index is 10.4. The summed E-state index contributed by atoms with van der Waals surface area (Å²) in [5.74, 6) is -1.18. The number of carboxylic acids is 1. The van der Waals surface area contributed by atoms with Crippen LogP contribution in [0.3, 0.4) is 0 Å². The van der Waals surface area contributed by atoms with Crippen LogP contribution in [-0.4, -0.2) is 11.1 Å². The normalized spacial score (nSPS) is 10.2. The predicted octanol–water partition coefficient (Wildman–Crippen LogP) is 0.101. The molecule has 1 N–H and O–H groups in total. The molecule has 0 heterocycles. The van der Waals surface area contributed by atoms with Crippen molar-refractivity contribution in [2.45, 2.75) is 0 Å². The van der Waals surface area contributed by atoms with Gasteiger partial charge in [-0.15, -0.1) is 0 Å². The van der Waals surface area contributed by atoms with Crippen LogP contribution in [0.15, 0.2) is 24.3 Å². The predicted molar refractivity (Wildman–Crippen MR) is 58.8 cm³/mol. The summed E-state index contributed by atoms with van der Waals surface area (Å²) in [5, 5.41) is 17.9. The van der Waals surface area contributed by atoms with Gasteiger partial charge in [0.05, 0.1) is 15.6 Å². The number of allylic oxidation sites excluding steroid dienone is 1. The molecule has 0 fully saturated rings. The van der Waals surface area contributed by atoms with Gasteiger partial charge < -0.3 is 6.53 Å². The maximum atomic E-state index is 10.4. The third kappa shape index (κ3) is 4.56. The summed E-state index contributed by atoms with van der Waals surface area (Å²) in [6.45, 7) is 0. The van der Waals surface area contributed by atoms with Crippen LogP contribution in [0, 0.1) is 11.3 Å². The van der Waals surface area contributed by atoms with Crippen LogP contribution >= 0.6 is 23.2 Å². The van der Waals surface area contributed by atoms with E-state index in [1.807, 2.05) is 0 Å². The molecule has 78 valence electrons. The molecule has 16 heavy (non-hydrogen) atoms. The fraction of sp³-hybridized carbons (Fsp3) is 0. The zero-order chi connectivity index (χ0) is 11.4. The number of nitrogens with zero attached hydrogens (tertiary/aromatic N) is 1. The first-order valence-electron chi connectivity index (χ1n) is 3.84. The molecule has 0 amide bonds. The first-order chi connectivity index (χ1) is 7.04. The Morgan fingerprint density at radius 2 is 2.06 bits per heavy atom. The molecule has 3 nitrogen and oxygen atoms in total. The molecule has 0 aliphatic heterocycles. The minimum atomic E-state index is -1.18. The van der Waals surface area contributed by atoms with Crippen LogP contribution in [0.1, 0.15) is 6.99 Å². The van der Waals surface area contributed by atoms with Gasteiger partial charge in [0.15, 0.2) is 0 Å². The second-order valence-electron chi connectivity index (χ2n) is 2.64. The largest absolute Gasteiger partial charge is 1.00 e. The Morgan fingerprint density at radius 3 is 2.50 bits per heavy atom. The molecule has 0 bridgehead atoms.